The van der Waals surface area contributed by atoms with Crippen molar-refractivity contribution in [2.75, 3.05) is 6.26 Å². The van der Waals surface area contributed by atoms with Crippen LogP contribution >= 0.6 is 0 Å². The van der Waals surface area contributed by atoms with Gasteiger partial charge in [-0.2, -0.15) is 0 Å². The Bertz CT molecular complexity index is 1050. The third-order valence-corrected chi connectivity index (χ3v) is 5.11. The highest BCUT2D eigenvalue weighted by molar-refractivity contribution is 7.89. The monoisotopic (exact) mass is 367 g/mol. The lowest BCUT2D eigenvalue weighted by Gasteiger charge is -2.17. The van der Waals surface area contributed by atoms with Crippen molar-refractivity contribution in [1.29, 1.82) is 0 Å². The summed E-state index contributed by atoms with van der Waals surface area (Å²) < 4.78 is 22.9. The Hall–Kier alpha value is -2.66. The number of fused-ring (bicyclic) bond motifs is 1. The molecular formula is C21H21NO3S. The Labute approximate surface area is 153 Å². The molecule has 3 aromatic rings. The van der Waals surface area contributed by atoms with Crippen molar-refractivity contribution < 1.29 is 13.2 Å². The van der Waals surface area contributed by atoms with Gasteiger partial charge in [0.15, 0.2) is 9.84 Å². The molecule has 0 fully saturated rings. The molecule has 0 saturated heterocycles. The fraction of sp³-hybridized carbons (Fsp3) is 0.190. The number of hydrogen-bond acceptors (Lipinski definition) is 3. The fourth-order valence-corrected chi connectivity index (χ4v) is 3.88. The third kappa shape index (κ3) is 4.29. The summed E-state index contributed by atoms with van der Waals surface area (Å²) in [4.78, 5) is 12.6. The summed E-state index contributed by atoms with van der Waals surface area (Å²) in [7, 11) is -3.14. The second-order valence-corrected chi connectivity index (χ2v) is 8.67. The number of nitrogens with one attached hydrogen (secondary N) is 1. The Morgan fingerprint density at radius 2 is 1.69 bits per heavy atom. The Kier molecular flexibility index (Phi) is 5.09. The van der Waals surface area contributed by atoms with Crippen LogP contribution in [0.5, 0.6) is 0 Å². The van der Waals surface area contributed by atoms with E-state index >= 15 is 0 Å². The zero-order valence-corrected chi connectivity index (χ0v) is 15.6. The van der Waals surface area contributed by atoms with Gasteiger partial charge in [-0.25, -0.2) is 8.42 Å². The topological polar surface area (TPSA) is 63.2 Å². The SMILES string of the molecule is CC(NC(=O)c1cccc(CS(C)(=O)=O)c1)c1cccc2ccccc12. The van der Waals surface area contributed by atoms with Gasteiger partial charge in [-0.1, -0.05) is 54.6 Å². The zero-order valence-electron chi connectivity index (χ0n) is 14.8. The summed E-state index contributed by atoms with van der Waals surface area (Å²) in [6.45, 7) is 1.94. The first-order valence-corrected chi connectivity index (χ1v) is 10.4. The molecule has 26 heavy (non-hydrogen) atoms. The average Bonchev–Trinajstić information content (AvgIpc) is 2.60. The van der Waals surface area contributed by atoms with Crippen molar-refractivity contribution in [1.82, 2.24) is 5.32 Å². The molecule has 4 nitrogen and oxygen atoms in total. The normalized spacial score (nSPS) is 12.7. The van der Waals surface area contributed by atoms with Crippen LogP contribution in [0.4, 0.5) is 0 Å². The van der Waals surface area contributed by atoms with Crippen molar-refractivity contribution in [2.24, 2.45) is 0 Å². The lowest BCUT2D eigenvalue weighted by molar-refractivity contribution is 0.0940. The first-order chi connectivity index (χ1) is 12.3. The molecule has 0 spiro atoms. The van der Waals surface area contributed by atoms with Crippen LogP contribution in [0, 0.1) is 0 Å². The molecule has 1 unspecified atom stereocenters. The summed E-state index contributed by atoms with van der Waals surface area (Å²) >= 11 is 0. The number of hydrogen-bond donors (Lipinski definition) is 1. The maximum Gasteiger partial charge on any atom is 0.251 e. The minimum absolute atomic E-state index is 0.0764. The van der Waals surface area contributed by atoms with Gasteiger partial charge in [-0.3, -0.25) is 4.79 Å². The molecular weight excluding hydrogens is 346 g/mol. The number of benzene rings is 3. The van der Waals surface area contributed by atoms with Crippen LogP contribution in [-0.4, -0.2) is 20.6 Å². The minimum Gasteiger partial charge on any atom is -0.345 e. The molecule has 1 amide bonds. The zero-order chi connectivity index (χ0) is 18.7. The maximum absolute atomic E-state index is 12.6. The van der Waals surface area contributed by atoms with E-state index in [-0.39, 0.29) is 17.7 Å². The summed E-state index contributed by atoms with van der Waals surface area (Å²) in [5.41, 5.74) is 2.11. The smallest absolute Gasteiger partial charge is 0.251 e. The number of carbonyl (C=O) groups is 1. The van der Waals surface area contributed by atoms with Crippen LogP contribution in [-0.2, 0) is 15.6 Å². The number of rotatable bonds is 5. The van der Waals surface area contributed by atoms with Crippen molar-refractivity contribution in [3.63, 3.8) is 0 Å². The van der Waals surface area contributed by atoms with Crippen LogP contribution in [0.1, 0.15) is 34.5 Å². The second-order valence-electron chi connectivity index (χ2n) is 6.53. The van der Waals surface area contributed by atoms with Crippen molar-refractivity contribution in [2.45, 2.75) is 18.7 Å². The van der Waals surface area contributed by atoms with Gasteiger partial charge in [0.25, 0.3) is 5.91 Å². The van der Waals surface area contributed by atoms with E-state index in [0.717, 1.165) is 16.3 Å². The summed E-state index contributed by atoms with van der Waals surface area (Å²) in [5, 5.41) is 5.24. The van der Waals surface area contributed by atoms with E-state index in [1.807, 2.05) is 49.4 Å². The molecule has 0 radical (unpaired) electrons. The molecule has 134 valence electrons. The van der Waals surface area contributed by atoms with E-state index in [2.05, 4.69) is 5.32 Å². The molecule has 0 aliphatic rings. The van der Waals surface area contributed by atoms with Gasteiger partial charge in [0.2, 0.25) is 0 Å². The average molecular weight is 367 g/mol. The number of sulfone groups is 1. The van der Waals surface area contributed by atoms with E-state index < -0.39 is 9.84 Å². The molecule has 3 rings (SSSR count). The van der Waals surface area contributed by atoms with Crippen molar-refractivity contribution in [3.05, 3.63) is 83.4 Å². The Morgan fingerprint density at radius 3 is 2.46 bits per heavy atom. The van der Waals surface area contributed by atoms with Gasteiger partial charge in [0, 0.05) is 11.8 Å². The van der Waals surface area contributed by atoms with Gasteiger partial charge in [0.05, 0.1) is 11.8 Å². The molecule has 0 bridgehead atoms. The lowest BCUT2D eigenvalue weighted by atomic mass is 9.99. The largest absolute Gasteiger partial charge is 0.345 e. The molecule has 0 heterocycles. The standard InChI is InChI=1S/C21H21NO3S/c1-15(19-12-6-9-17-8-3-4-11-20(17)19)22-21(23)18-10-5-7-16(13-18)14-26(2,24)25/h3-13,15H,14H2,1-2H3,(H,22,23). The molecule has 0 aliphatic carbocycles. The first-order valence-electron chi connectivity index (χ1n) is 8.39. The molecule has 1 atom stereocenters. The molecule has 0 aliphatic heterocycles. The predicted molar refractivity (Wildman–Crippen MR) is 105 cm³/mol. The number of amides is 1. The van der Waals surface area contributed by atoms with Gasteiger partial charge < -0.3 is 5.32 Å². The maximum atomic E-state index is 12.6. The second kappa shape index (κ2) is 7.30. The van der Waals surface area contributed by atoms with Crippen LogP contribution in [0.2, 0.25) is 0 Å². The highest BCUT2D eigenvalue weighted by Crippen LogP contribution is 2.24. The van der Waals surface area contributed by atoms with Gasteiger partial charge in [-0.05, 0) is 41.0 Å². The van der Waals surface area contributed by atoms with Gasteiger partial charge in [0.1, 0.15) is 0 Å². The minimum atomic E-state index is -3.14. The van der Waals surface area contributed by atoms with Crippen LogP contribution in [0.15, 0.2) is 66.7 Å². The molecule has 0 saturated carbocycles. The van der Waals surface area contributed by atoms with E-state index in [9.17, 15) is 13.2 Å². The highest BCUT2D eigenvalue weighted by atomic mass is 32.2. The van der Waals surface area contributed by atoms with Crippen molar-refractivity contribution in [3.8, 4) is 0 Å². The quantitative estimate of drug-likeness (QED) is 0.744. The van der Waals surface area contributed by atoms with Crippen molar-refractivity contribution >= 4 is 26.5 Å². The first kappa shape index (κ1) is 18.1. The molecule has 0 aromatic heterocycles. The predicted octanol–water partition coefficient (Wildman–Crippen LogP) is 3.88. The highest BCUT2D eigenvalue weighted by Gasteiger charge is 2.14. The number of carbonyl (C=O) groups excluding carboxylic acids is 1. The third-order valence-electron chi connectivity index (χ3n) is 4.26. The molecule has 1 N–H and O–H groups in total. The molecule has 3 aromatic carbocycles. The van der Waals surface area contributed by atoms with E-state index in [1.54, 1.807) is 24.3 Å². The van der Waals surface area contributed by atoms with E-state index in [0.29, 0.717) is 11.1 Å². The summed E-state index contributed by atoms with van der Waals surface area (Å²) in [6.07, 6.45) is 1.18. The van der Waals surface area contributed by atoms with Gasteiger partial charge >= 0.3 is 0 Å². The Morgan fingerprint density at radius 1 is 1.00 bits per heavy atom. The molecule has 5 heteroatoms. The van der Waals surface area contributed by atoms with Gasteiger partial charge in [-0.15, -0.1) is 0 Å². The van der Waals surface area contributed by atoms with Crippen LogP contribution in [0.3, 0.4) is 0 Å². The van der Waals surface area contributed by atoms with E-state index in [1.165, 1.54) is 6.26 Å². The lowest BCUT2D eigenvalue weighted by Crippen LogP contribution is -2.26. The van der Waals surface area contributed by atoms with Crippen LogP contribution < -0.4 is 5.32 Å². The van der Waals surface area contributed by atoms with Crippen LogP contribution in [0.25, 0.3) is 10.8 Å². The fourth-order valence-electron chi connectivity index (χ4n) is 3.09. The summed E-state index contributed by atoms with van der Waals surface area (Å²) in [5.74, 6) is -0.298. The summed E-state index contributed by atoms with van der Waals surface area (Å²) in [6, 6.07) is 20.7. The van der Waals surface area contributed by atoms with E-state index in [4.69, 9.17) is 0 Å². The Balaban J connectivity index is 1.82.